The normalized spacial score (nSPS) is 21.0. The minimum Gasteiger partial charge on any atom is -0.478 e. The summed E-state index contributed by atoms with van der Waals surface area (Å²) in [6.07, 6.45) is 1.73. The zero-order chi connectivity index (χ0) is 24.0. The second-order valence-electron chi connectivity index (χ2n) is 8.84. The van der Waals surface area contributed by atoms with E-state index in [0.29, 0.717) is 24.3 Å². The number of amides is 4. The maximum absolute atomic E-state index is 13.3. The minimum atomic E-state index is -0.995. The van der Waals surface area contributed by atoms with E-state index in [-0.39, 0.29) is 29.9 Å². The lowest BCUT2D eigenvalue weighted by molar-refractivity contribution is -0.136. The Morgan fingerprint density at radius 1 is 0.941 bits per heavy atom. The first-order valence-electron chi connectivity index (χ1n) is 11.3. The van der Waals surface area contributed by atoms with Crippen molar-refractivity contribution < 1.29 is 29.1 Å². The first kappa shape index (κ1) is 21.8. The van der Waals surface area contributed by atoms with Crippen molar-refractivity contribution in [2.75, 3.05) is 18.0 Å². The number of piperidine rings is 2. The molecule has 0 bridgehead atoms. The van der Waals surface area contributed by atoms with Gasteiger partial charge < -0.3 is 10.0 Å². The van der Waals surface area contributed by atoms with Crippen molar-refractivity contribution in [1.82, 2.24) is 10.2 Å². The van der Waals surface area contributed by atoms with Crippen LogP contribution in [0.3, 0.4) is 0 Å². The summed E-state index contributed by atoms with van der Waals surface area (Å²) < 4.78 is 0. The quantitative estimate of drug-likeness (QED) is 0.669. The largest absolute Gasteiger partial charge is 0.478 e. The molecule has 1 atom stereocenters. The number of carboxylic acid groups (broad SMARTS) is 1. The van der Waals surface area contributed by atoms with Crippen molar-refractivity contribution >= 4 is 35.3 Å². The second-order valence-corrected chi connectivity index (χ2v) is 8.84. The summed E-state index contributed by atoms with van der Waals surface area (Å²) in [6.45, 7) is 1.27. The van der Waals surface area contributed by atoms with Gasteiger partial charge >= 0.3 is 5.97 Å². The molecule has 3 heterocycles. The topological polar surface area (TPSA) is 124 Å². The number of rotatable bonds is 4. The van der Waals surface area contributed by atoms with Crippen LogP contribution in [-0.4, -0.2) is 58.7 Å². The van der Waals surface area contributed by atoms with Crippen LogP contribution in [0.4, 0.5) is 5.69 Å². The molecule has 9 heteroatoms. The fraction of sp³-hybridized carbons (Fsp3) is 0.320. The highest BCUT2D eigenvalue weighted by Crippen LogP contribution is 2.37. The summed E-state index contributed by atoms with van der Waals surface area (Å²) in [5.41, 5.74) is 2.46. The standard InChI is InChI=1S/C25H23N3O6/c29-20-8-7-19(22(30)26-20)28-23(31)17-5-2-6-18(21(17)24(28)32)27-11-9-14(10-12-27)15-3-1-4-16(13-15)25(33)34/h1-6,13-14,19H,7-12H2,(H,33,34)(H,26,29,30). The lowest BCUT2D eigenvalue weighted by atomic mass is 9.88. The molecule has 2 aromatic carbocycles. The van der Waals surface area contributed by atoms with Gasteiger partial charge in [0.15, 0.2) is 0 Å². The van der Waals surface area contributed by atoms with E-state index in [1.165, 1.54) is 0 Å². The van der Waals surface area contributed by atoms with Crippen molar-refractivity contribution in [2.45, 2.75) is 37.6 Å². The number of benzene rings is 2. The molecule has 2 aromatic rings. The lowest BCUT2D eigenvalue weighted by Gasteiger charge is -2.35. The monoisotopic (exact) mass is 461 g/mol. The van der Waals surface area contributed by atoms with Gasteiger partial charge in [-0.05, 0) is 55.0 Å². The maximum atomic E-state index is 13.3. The van der Waals surface area contributed by atoms with Crippen LogP contribution in [0.5, 0.6) is 0 Å². The van der Waals surface area contributed by atoms with Gasteiger partial charge in [-0.25, -0.2) is 4.79 Å². The molecular weight excluding hydrogens is 438 g/mol. The molecule has 5 rings (SSSR count). The predicted molar refractivity (Wildman–Crippen MR) is 121 cm³/mol. The molecule has 9 nitrogen and oxygen atoms in total. The molecule has 3 aliphatic rings. The van der Waals surface area contributed by atoms with Gasteiger partial charge in [0.2, 0.25) is 11.8 Å². The Labute approximate surface area is 195 Å². The Bertz CT molecular complexity index is 1230. The van der Waals surface area contributed by atoms with Crippen LogP contribution in [0, 0.1) is 0 Å². The van der Waals surface area contributed by atoms with Crippen molar-refractivity contribution in [1.29, 1.82) is 0 Å². The van der Waals surface area contributed by atoms with E-state index in [0.717, 1.165) is 23.3 Å². The van der Waals surface area contributed by atoms with Crippen LogP contribution in [0.15, 0.2) is 42.5 Å². The van der Waals surface area contributed by atoms with Crippen molar-refractivity contribution in [3.8, 4) is 0 Å². The first-order chi connectivity index (χ1) is 16.3. The molecule has 0 radical (unpaired) electrons. The Morgan fingerprint density at radius 3 is 2.38 bits per heavy atom. The van der Waals surface area contributed by atoms with Crippen molar-refractivity contribution in [3.63, 3.8) is 0 Å². The molecule has 174 valence electrons. The Balaban J connectivity index is 1.36. The molecule has 34 heavy (non-hydrogen) atoms. The van der Waals surface area contributed by atoms with E-state index in [9.17, 15) is 29.1 Å². The molecule has 2 fully saturated rings. The summed E-state index contributed by atoms with van der Waals surface area (Å²) in [4.78, 5) is 64.6. The summed E-state index contributed by atoms with van der Waals surface area (Å²) in [5, 5.41) is 11.5. The van der Waals surface area contributed by atoms with Gasteiger partial charge in [0, 0.05) is 19.5 Å². The minimum absolute atomic E-state index is 0.0766. The number of aromatic carboxylic acids is 1. The van der Waals surface area contributed by atoms with E-state index in [4.69, 9.17) is 0 Å². The fourth-order valence-electron chi connectivity index (χ4n) is 5.14. The molecule has 2 saturated heterocycles. The van der Waals surface area contributed by atoms with Gasteiger partial charge in [0.05, 0.1) is 22.4 Å². The predicted octanol–water partition coefficient (Wildman–Crippen LogP) is 2.17. The molecule has 0 aliphatic carbocycles. The highest BCUT2D eigenvalue weighted by molar-refractivity contribution is 6.25. The molecule has 0 spiro atoms. The zero-order valence-electron chi connectivity index (χ0n) is 18.3. The molecule has 0 aromatic heterocycles. The molecule has 4 amide bonds. The van der Waals surface area contributed by atoms with Crippen LogP contribution in [0.2, 0.25) is 0 Å². The lowest BCUT2D eigenvalue weighted by Crippen LogP contribution is -2.54. The number of hydrogen-bond acceptors (Lipinski definition) is 6. The van der Waals surface area contributed by atoms with Gasteiger partial charge in [-0.1, -0.05) is 18.2 Å². The Morgan fingerprint density at radius 2 is 1.68 bits per heavy atom. The number of nitrogens with zero attached hydrogens (tertiary/aromatic N) is 2. The number of hydrogen-bond donors (Lipinski definition) is 2. The van der Waals surface area contributed by atoms with Crippen LogP contribution < -0.4 is 10.2 Å². The summed E-state index contributed by atoms with van der Waals surface area (Å²) in [6, 6.07) is 11.1. The van der Waals surface area contributed by atoms with E-state index in [1.54, 1.807) is 30.3 Å². The average molecular weight is 461 g/mol. The highest BCUT2D eigenvalue weighted by Gasteiger charge is 2.46. The SMILES string of the molecule is O=C1CCC(N2C(=O)c3cccc(N4CCC(c5cccc(C(=O)O)c5)CC4)c3C2=O)C(=O)N1. The molecular formula is C25H23N3O6. The number of carbonyl (C=O) groups is 5. The van der Waals surface area contributed by atoms with Gasteiger partial charge in [0.25, 0.3) is 11.8 Å². The summed E-state index contributed by atoms with van der Waals surface area (Å²) in [5.74, 6) is -2.82. The number of carboxylic acids is 1. The van der Waals surface area contributed by atoms with Gasteiger partial charge in [-0.2, -0.15) is 0 Å². The summed E-state index contributed by atoms with van der Waals surface area (Å²) in [7, 11) is 0. The maximum Gasteiger partial charge on any atom is 0.335 e. The molecule has 0 saturated carbocycles. The zero-order valence-corrected chi connectivity index (χ0v) is 18.3. The molecule has 2 N–H and O–H groups in total. The smallest absolute Gasteiger partial charge is 0.335 e. The highest BCUT2D eigenvalue weighted by atomic mass is 16.4. The van der Waals surface area contributed by atoms with Gasteiger partial charge in [-0.3, -0.25) is 29.4 Å². The molecule has 1 unspecified atom stereocenters. The summed E-state index contributed by atoms with van der Waals surface area (Å²) >= 11 is 0. The van der Waals surface area contributed by atoms with Crippen molar-refractivity contribution in [2.24, 2.45) is 0 Å². The van der Waals surface area contributed by atoms with Crippen LogP contribution >= 0.6 is 0 Å². The number of nitrogens with one attached hydrogen (secondary N) is 1. The van der Waals surface area contributed by atoms with Gasteiger partial charge in [-0.15, -0.1) is 0 Å². The average Bonchev–Trinajstić information content (AvgIpc) is 3.09. The van der Waals surface area contributed by atoms with Gasteiger partial charge in [0.1, 0.15) is 6.04 Å². The number of imide groups is 2. The van der Waals surface area contributed by atoms with E-state index < -0.39 is 35.6 Å². The first-order valence-corrected chi connectivity index (χ1v) is 11.3. The number of carbonyl (C=O) groups excluding carboxylic acids is 4. The van der Waals surface area contributed by atoms with Crippen LogP contribution in [-0.2, 0) is 9.59 Å². The number of fused-ring (bicyclic) bond motifs is 1. The second kappa shape index (κ2) is 8.40. The molecule has 3 aliphatic heterocycles. The third kappa shape index (κ3) is 3.63. The van der Waals surface area contributed by atoms with Crippen LogP contribution in [0.1, 0.15) is 68.2 Å². The number of anilines is 1. The Kier molecular flexibility index (Phi) is 5.39. The third-order valence-electron chi connectivity index (χ3n) is 6.89. The fourth-order valence-corrected chi connectivity index (χ4v) is 5.14. The Hall–Kier alpha value is -4.01. The van der Waals surface area contributed by atoms with Crippen molar-refractivity contribution in [3.05, 3.63) is 64.7 Å². The van der Waals surface area contributed by atoms with E-state index in [1.807, 2.05) is 12.1 Å². The van der Waals surface area contributed by atoms with E-state index >= 15 is 0 Å². The van der Waals surface area contributed by atoms with E-state index in [2.05, 4.69) is 10.2 Å². The van der Waals surface area contributed by atoms with Crippen LogP contribution in [0.25, 0.3) is 0 Å². The third-order valence-corrected chi connectivity index (χ3v) is 6.89.